The third kappa shape index (κ3) is 1.94. The first-order chi connectivity index (χ1) is 9.06. The fraction of sp³-hybridized carbons (Fsp3) is 0.385. The molecule has 1 aliphatic heterocycles. The Morgan fingerprint density at radius 1 is 1.53 bits per heavy atom. The number of aliphatic carboxylic acids is 1. The molecule has 0 radical (unpaired) electrons. The lowest BCUT2D eigenvalue weighted by Gasteiger charge is -2.10. The number of nitrogens with zero attached hydrogens (tertiary/aromatic N) is 1. The predicted octanol–water partition coefficient (Wildman–Crippen LogP) is 0.867. The van der Waals surface area contributed by atoms with E-state index < -0.39 is 11.7 Å². The normalized spacial score (nSPS) is 23.0. The molecular weight excluding hydrogens is 248 g/mol. The lowest BCUT2D eigenvalue weighted by atomic mass is 10.00. The minimum Gasteiger partial charge on any atom is -0.481 e. The third-order valence-electron chi connectivity index (χ3n) is 3.70. The van der Waals surface area contributed by atoms with Gasteiger partial charge < -0.3 is 14.8 Å². The molecule has 1 fully saturated rings. The highest BCUT2D eigenvalue weighted by atomic mass is 16.4. The Labute approximate surface area is 108 Å². The number of hydrogen-bond acceptors (Lipinski definition) is 4. The maximum atomic E-state index is 11.4. The molecule has 2 aromatic rings. The molecule has 2 heterocycles. The van der Waals surface area contributed by atoms with Gasteiger partial charge in [0.2, 0.25) is 0 Å². The summed E-state index contributed by atoms with van der Waals surface area (Å²) in [5, 5.41) is 12.2. The molecule has 0 spiro atoms. The first kappa shape index (κ1) is 12.0. The number of carboxylic acids is 1. The zero-order chi connectivity index (χ0) is 13.6. The van der Waals surface area contributed by atoms with Gasteiger partial charge in [0.15, 0.2) is 5.58 Å². The van der Waals surface area contributed by atoms with Crippen molar-refractivity contribution in [2.45, 2.75) is 12.5 Å². The molecule has 2 unspecified atom stereocenters. The summed E-state index contributed by atoms with van der Waals surface area (Å²) in [5.74, 6) is -1.53. The van der Waals surface area contributed by atoms with E-state index in [9.17, 15) is 9.59 Å². The van der Waals surface area contributed by atoms with Crippen LogP contribution in [0.3, 0.4) is 0 Å². The Hall–Kier alpha value is -2.08. The number of fused-ring (bicyclic) bond motifs is 1. The average molecular weight is 262 g/mol. The summed E-state index contributed by atoms with van der Waals surface area (Å²) in [4.78, 5) is 22.4. The van der Waals surface area contributed by atoms with E-state index in [2.05, 4.69) is 5.32 Å². The van der Waals surface area contributed by atoms with Crippen LogP contribution in [-0.4, -0.2) is 22.2 Å². The van der Waals surface area contributed by atoms with Crippen molar-refractivity contribution in [3.8, 4) is 0 Å². The van der Waals surface area contributed by atoms with Gasteiger partial charge in [-0.15, -0.1) is 0 Å². The summed E-state index contributed by atoms with van der Waals surface area (Å²) in [5.41, 5.74) is 2.22. The first-order valence-electron chi connectivity index (χ1n) is 6.12. The molecule has 6 heteroatoms. The smallest absolute Gasteiger partial charge is 0.419 e. The molecule has 1 saturated heterocycles. The van der Waals surface area contributed by atoms with Crippen molar-refractivity contribution in [3.63, 3.8) is 0 Å². The molecule has 1 aliphatic rings. The second-order valence-corrected chi connectivity index (χ2v) is 4.89. The standard InChI is InChI=1S/C13H14N2O4/c1-15-10-3-2-7(5-11(10)19-13(15)18)9-4-8(6-14-9)12(16)17/h2-3,5,8-9,14H,4,6H2,1H3,(H,16,17). The van der Waals surface area contributed by atoms with Gasteiger partial charge in [0.05, 0.1) is 11.4 Å². The van der Waals surface area contributed by atoms with E-state index in [1.165, 1.54) is 4.57 Å². The average Bonchev–Trinajstić information content (AvgIpc) is 2.96. The summed E-state index contributed by atoms with van der Waals surface area (Å²) in [6.07, 6.45) is 0.553. The van der Waals surface area contributed by atoms with E-state index in [1.54, 1.807) is 13.1 Å². The summed E-state index contributed by atoms with van der Waals surface area (Å²) in [7, 11) is 1.65. The fourth-order valence-electron chi connectivity index (χ4n) is 2.54. The van der Waals surface area contributed by atoms with Crippen LogP contribution in [0, 0.1) is 5.92 Å². The lowest BCUT2D eigenvalue weighted by Crippen LogP contribution is -2.17. The zero-order valence-electron chi connectivity index (χ0n) is 10.4. The number of carbonyl (C=O) groups is 1. The number of benzene rings is 1. The highest BCUT2D eigenvalue weighted by Gasteiger charge is 2.30. The molecule has 19 heavy (non-hydrogen) atoms. The van der Waals surface area contributed by atoms with E-state index >= 15 is 0 Å². The van der Waals surface area contributed by atoms with E-state index in [1.807, 2.05) is 12.1 Å². The van der Waals surface area contributed by atoms with Crippen molar-refractivity contribution in [2.75, 3.05) is 6.54 Å². The van der Waals surface area contributed by atoms with Crippen LogP contribution >= 0.6 is 0 Å². The summed E-state index contributed by atoms with van der Waals surface area (Å²) in [6.45, 7) is 0.469. The van der Waals surface area contributed by atoms with Crippen LogP contribution in [0.1, 0.15) is 18.0 Å². The predicted molar refractivity (Wildman–Crippen MR) is 67.9 cm³/mol. The fourth-order valence-corrected chi connectivity index (χ4v) is 2.54. The number of carboxylic acid groups (broad SMARTS) is 1. The Kier molecular flexibility index (Phi) is 2.67. The van der Waals surface area contributed by atoms with Crippen LogP contribution in [0.5, 0.6) is 0 Å². The Balaban J connectivity index is 1.94. The second-order valence-electron chi connectivity index (χ2n) is 4.89. The molecule has 0 bridgehead atoms. The van der Waals surface area contributed by atoms with Crippen LogP contribution < -0.4 is 11.1 Å². The minimum atomic E-state index is -0.776. The van der Waals surface area contributed by atoms with Gasteiger partial charge in [0, 0.05) is 19.6 Å². The molecule has 3 rings (SSSR count). The van der Waals surface area contributed by atoms with Gasteiger partial charge in [-0.1, -0.05) is 6.07 Å². The molecule has 2 atom stereocenters. The van der Waals surface area contributed by atoms with Crippen molar-refractivity contribution in [1.29, 1.82) is 0 Å². The molecule has 0 saturated carbocycles. The SMILES string of the molecule is Cn1c(=O)oc2cc(C3CC(C(=O)O)CN3)ccc21. The summed E-state index contributed by atoms with van der Waals surface area (Å²) >= 11 is 0. The maximum absolute atomic E-state index is 11.4. The Morgan fingerprint density at radius 2 is 2.32 bits per heavy atom. The first-order valence-corrected chi connectivity index (χ1v) is 6.12. The van der Waals surface area contributed by atoms with Crippen molar-refractivity contribution in [2.24, 2.45) is 13.0 Å². The van der Waals surface area contributed by atoms with Gasteiger partial charge in [0.1, 0.15) is 0 Å². The van der Waals surface area contributed by atoms with Gasteiger partial charge in [0.25, 0.3) is 0 Å². The van der Waals surface area contributed by atoms with E-state index in [0.717, 1.165) is 11.1 Å². The number of aryl methyl sites for hydroxylation is 1. The molecule has 1 aromatic carbocycles. The van der Waals surface area contributed by atoms with Crippen LogP contribution in [0.25, 0.3) is 11.1 Å². The number of hydrogen-bond donors (Lipinski definition) is 2. The number of nitrogens with one attached hydrogen (secondary N) is 1. The summed E-state index contributed by atoms with van der Waals surface area (Å²) in [6, 6.07) is 5.53. The Morgan fingerprint density at radius 3 is 3.00 bits per heavy atom. The monoisotopic (exact) mass is 262 g/mol. The molecule has 0 amide bonds. The number of aromatic nitrogens is 1. The number of rotatable bonds is 2. The molecule has 1 aromatic heterocycles. The van der Waals surface area contributed by atoms with Gasteiger partial charge in [-0.3, -0.25) is 9.36 Å². The zero-order valence-corrected chi connectivity index (χ0v) is 10.4. The molecule has 6 nitrogen and oxygen atoms in total. The van der Waals surface area contributed by atoms with E-state index in [4.69, 9.17) is 9.52 Å². The van der Waals surface area contributed by atoms with Crippen molar-refractivity contribution >= 4 is 17.1 Å². The highest BCUT2D eigenvalue weighted by Crippen LogP contribution is 2.29. The second kappa shape index (κ2) is 4.24. The maximum Gasteiger partial charge on any atom is 0.419 e. The molecule has 0 aliphatic carbocycles. The Bertz CT molecular complexity index is 700. The van der Waals surface area contributed by atoms with Crippen molar-refractivity contribution in [1.82, 2.24) is 9.88 Å². The van der Waals surface area contributed by atoms with Crippen LogP contribution in [0.4, 0.5) is 0 Å². The lowest BCUT2D eigenvalue weighted by molar-refractivity contribution is -0.141. The number of oxazole rings is 1. The van der Waals surface area contributed by atoms with Gasteiger partial charge in [-0.2, -0.15) is 0 Å². The van der Waals surface area contributed by atoms with E-state index in [-0.39, 0.29) is 12.0 Å². The van der Waals surface area contributed by atoms with Crippen LogP contribution in [0.2, 0.25) is 0 Å². The van der Waals surface area contributed by atoms with Gasteiger partial charge >= 0.3 is 11.7 Å². The molecule has 100 valence electrons. The van der Waals surface area contributed by atoms with Crippen molar-refractivity contribution < 1.29 is 14.3 Å². The molecule has 2 N–H and O–H groups in total. The van der Waals surface area contributed by atoms with Gasteiger partial charge in [-0.25, -0.2) is 4.79 Å². The quantitative estimate of drug-likeness (QED) is 0.838. The van der Waals surface area contributed by atoms with Crippen LogP contribution in [0.15, 0.2) is 27.4 Å². The van der Waals surface area contributed by atoms with E-state index in [0.29, 0.717) is 18.5 Å². The van der Waals surface area contributed by atoms with Gasteiger partial charge in [-0.05, 0) is 24.1 Å². The minimum absolute atomic E-state index is 0.00370. The topological polar surface area (TPSA) is 84.5 Å². The van der Waals surface area contributed by atoms with Crippen LogP contribution in [-0.2, 0) is 11.8 Å². The van der Waals surface area contributed by atoms with Crippen molar-refractivity contribution in [3.05, 3.63) is 34.3 Å². The highest BCUT2D eigenvalue weighted by molar-refractivity contribution is 5.74. The summed E-state index contributed by atoms with van der Waals surface area (Å²) < 4.78 is 6.58. The largest absolute Gasteiger partial charge is 0.481 e. The third-order valence-corrected chi connectivity index (χ3v) is 3.70. The molecular formula is C13H14N2O4.